The summed E-state index contributed by atoms with van der Waals surface area (Å²) in [6, 6.07) is 2.89. The van der Waals surface area contributed by atoms with Crippen LogP contribution in [0.4, 0.5) is 0 Å². The number of aliphatic hydroxyl groups is 1. The largest absolute Gasteiger partial charge is 0.395 e. The van der Waals surface area contributed by atoms with E-state index in [4.69, 9.17) is 10.8 Å². The molecule has 12 heavy (non-hydrogen) atoms. The molecule has 1 aromatic rings. The van der Waals surface area contributed by atoms with Crippen molar-refractivity contribution in [3.8, 4) is 0 Å². The summed E-state index contributed by atoms with van der Waals surface area (Å²) in [5, 5.41) is 8.65. The van der Waals surface area contributed by atoms with E-state index in [-0.39, 0.29) is 18.2 Å². The molecule has 4 nitrogen and oxygen atoms in total. The molecular weight excluding hydrogens is 156 g/mol. The summed E-state index contributed by atoms with van der Waals surface area (Å²) in [5.41, 5.74) is 6.30. The van der Waals surface area contributed by atoms with E-state index in [9.17, 15) is 4.79 Å². The highest BCUT2D eigenvalue weighted by Crippen LogP contribution is 1.96. The van der Waals surface area contributed by atoms with Gasteiger partial charge in [-0.25, -0.2) is 0 Å². The lowest BCUT2D eigenvalue weighted by Crippen LogP contribution is -2.27. The highest BCUT2D eigenvalue weighted by molar-refractivity contribution is 5.09. The summed E-state index contributed by atoms with van der Waals surface area (Å²) < 4.78 is 0. The minimum Gasteiger partial charge on any atom is -0.395 e. The number of rotatable bonds is 3. The van der Waals surface area contributed by atoms with Gasteiger partial charge in [-0.2, -0.15) is 0 Å². The Kier molecular flexibility index (Phi) is 3.01. The molecule has 1 rings (SSSR count). The van der Waals surface area contributed by atoms with Crippen LogP contribution in [0.1, 0.15) is 5.56 Å². The van der Waals surface area contributed by atoms with E-state index in [1.54, 1.807) is 12.3 Å². The standard InChI is InChI=1S/C8H12N2O2/c9-7(5-11)3-6-1-2-8(12)10-4-6/h1-2,4,7,11H,3,5,9H2,(H,10,12). The number of aromatic amines is 1. The van der Waals surface area contributed by atoms with Gasteiger partial charge in [0.15, 0.2) is 0 Å². The smallest absolute Gasteiger partial charge is 0.247 e. The summed E-state index contributed by atoms with van der Waals surface area (Å²) in [6.07, 6.45) is 2.19. The zero-order valence-corrected chi connectivity index (χ0v) is 6.66. The van der Waals surface area contributed by atoms with Crippen LogP contribution in [0.25, 0.3) is 0 Å². The van der Waals surface area contributed by atoms with E-state index in [0.717, 1.165) is 5.56 Å². The molecule has 4 heteroatoms. The van der Waals surface area contributed by atoms with Gasteiger partial charge < -0.3 is 15.8 Å². The molecule has 0 aromatic carbocycles. The molecule has 0 saturated carbocycles. The van der Waals surface area contributed by atoms with Gasteiger partial charge in [-0.05, 0) is 12.0 Å². The molecule has 0 aliphatic carbocycles. The van der Waals surface area contributed by atoms with Gasteiger partial charge in [0.1, 0.15) is 0 Å². The van der Waals surface area contributed by atoms with E-state index >= 15 is 0 Å². The van der Waals surface area contributed by atoms with Crippen LogP contribution in [-0.4, -0.2) is 22.7 Å². The molecule has 0 radical (unpaired) electrons. The lowest BCUT2D eigenvalue weighted by Gasteiger charge is -2.06. The molecule has 1 unspecified atom stereocenters. The molecular formula is C8H12N2O2. The van der Waals surface area contributed by atoms with Gasteiger partial charge in [-0.15, -0.1) is 0 Å². The normalized spacial score (nSPS) is 12.8. The van der Waals surface area contributed by atoms with Gasteiger partial charge >= 0.3 is 0 Å². The van der Waals surface area contributed by atoms with E-state index in [1.165, 1.54) is 6.07 Å². The van der Waals surface area contributed by atoms with Crippen LogP contribution >= 0.6 is 0 Å². The summed E-state index contributed by atoms with van der Waals surface area (Å²) in [4.78, 5) is 13.2. The third-order valence-corrected chi connectivity index (χ3v) is 1.58. The summed E-state index contributed by atoms with van der Waals surface area (Å²) in [5.74, 6) is 0. The average Bonchev–Trinajstić information content (AvgIpc) is 2.09. The first-order valence-electron chi connectivity index (χ1n) is 3.76. The first-order valence-corrected chi connectivity index (χ1v) is 3.76. The molecule has 0 aliphatic rings. The predicted molar refractivity (Wildman–Crippen MR) is 45.8 cm³/mol. The fraction of sp³-hybridized carbons (Fsp3) is 0.375. The van der Waals surface area contributed by atoms with Gasteiger partial charge in [-0.3, -0.25) is 4.79 Å². The summed E-state index contributed by atoms with van der Waals surface area (Å²) in [7, 11) is 0. The number of hydrogen-bond acceptors (Lipinski definition) is 3. The number of aromatic nitrogens is 1. The Bertz CT molecular complexity index is 275. The lowest BCUT2D eigenvalue weighted by molar-refractivity contribution is 0.265. The van der Waals surface area contributed by atoms with Crippen molar-refractivity contribution < 1.29 is 5.11 Å². The van der Waals surface area contributed by atoms with E-state index < -0.39 is 0 Å². The second-order valence-electron chi connectivity index (χ2n) is 2.71. The van der Waals surface area contributed by atoms with E-state index in [0.29, 0.717) is 6.42 Å². The van der Waals surface area contributed by atoms with E-state index in [2.05, 4.69) is 4.98 Å². The number of aliphatic hydroxyl groups excluding tert-OH is 1. The molecule has 0 bridgehead atoms. The van der Waals surface area contributed by atoms with Crippen molar-refractivity contribution in [2.45, 2.75) is 12.5 Å². The zero-order chi connectivity index (χ0) is 8.97. The second-order valence-corrected chi connectivity index (χ2v) is 2.71. The molecule has 1 heterocycles. The summed E-state index contributed by atoms with van der Waals surface area (Å²) in [6.45, 7) is -0.0425. The monoisotopic (exact) mass is 168 g/mol. The number of H-pyrrole nitrogens is 1. The molecule has 0 fully saturated rings. The van der Waals surface area contributed by atoms with Gasteiger partial charge in [0.05, 0.1) is 6.61 Å². The average molecular weight is 168 g/mol. The molecule has 66 valence electrons. The maximum absolute atomic E-state index is 10.6. The molecule has 1 aromatic heterocycles. The molecule has 1 atom stereocenters. The van der Waals surface area contributed by atoms with Gasteiger partial charge in [0, 0.05) is 18.3 Å². The topological polar surface area (TPSA) is 79.1 Å². The number of nitrogens with two attached hydrogens (primary N) is 1. The zero-order valence-electron chi connectivity index (χ0n) is 6.66. The molecule has 0 amide bonds. The van der Waals surface area contributed by atoms with E-state index in [1.807, 2.05) is 0 Å². The van der Waals surface area contributed by atoms with Crippen LogP contribution in [-0.2, 0) is 6.42 Å². The third-order valence-electron chi connectivity index (χ3n) is 1.58. The first kappa shape index (κ1) is 8.96. The maximum atomic E-state index is 10.6. The SMILES string of the molecule is NC(CO)Cc1ccc(=O)[nH]c1. The number of hydrogen-bond donors (Lipinski definition) is 3. The van der Waals surface area contributed by atoms with Crippen LogP contribution in [0.3, 0.4) is 0 Å². The van der Waals surface area contributed by atoms with Crippen LogP contribution < -0.4 is 11.3 Å². The van der Waals surface area contributed by atoms with Crippen LogP contribution in [0.2, 0.25) is 0 Å². The Balaban J connectivity index is 2.64. The minimum absolute atomic E-state index is 0.0425. The second kappa shape index (κ2) is 4.04. The Morgan fingerprint density at radius 3 is 2.83 bits per heavy atom. The molecule has 4 N–H and O–H groups in total. The quantitative estimate of drug-likeness (QED) is 0.555. The third kappa shape index (κ3) is 2.48. The molecule has 0 aliphatic heterocycles. The van der Waals surface area contributed by atoms with Crippen LogP contribution in [0, 0.1) is 0 Å². The van der Waals surface area contributed by atoms with Crippen LogP contribution in [0.5, 0.6) is 0 Å². The highest BCUT2D eigenvalue weighted by Gasteiger charge is 2.01. The Morgan fingerprint density at radius 2 is 2.33 bits per heavy atom. The van der Waals surface area contributed by atoms with Crippen molar-refractivity contribution in [2.75, 3.05) is 6.61 Å². The van der Waals surface area contributed by atoms with Crippen molar-refractivity contribution in [2.24, 2.45) is 5.73 Å². The Hall–Kier alpha value is -1.13. The van der Waals surface area contributed by atoms with Crippen molar-refractivity contribution >= 4 is 0 Å². The van der Waals surface area contributed by atoms with Crippen molar-refractivity contribution in [1.29, 1.82) is 0 Å². The predicted octanol–water partition coefficient (Wildman–Crippen LogP) is -0.763. The Morgan fingerprint density at radius 1 is 1.58 bits per heavy atom. The summed E-state index contributed by atoms with van der Waals surface area (Å²) >= 11 is 0. The number of pyridine rings is 1. The fourth-order valence-corrected chi connectivity index (χ4v) is 0.937. The van der Waals surface area contributed by atoms with Crippen LogP contribution in [0.15, 0.2) is 23.1 Å². The molecule has 0 spiro atoms. The minimum atomic E-state index is -0.254. The number of nitrogens with one attached hydrogen (secondary N) is 1. The molecule has 0 saturated heterocycles. The van der Waals surface area contributed by atoms with Crippen molar-refractivity contribution in [1.82, 2.24) is 4.98 Å². The van der Waals surface area contributed by atoms with Gasteiger partial charge in [-0.1, -0.05) is 6.07 Å². The van der Waals surface area contributed by atoms with Gasteiger partial charge in [0.2, 0.25) is 5.56 Å². The fourth-order valence-electron chi connectivity index (χ4n) is 0.937. The van der Waals surface area contributed by atoms with Gasteiger partial charge in [0.25, 0.3) is 0 Å². The lowest BCUT2D eigenvalue weighted by atomic mass is 10.1. The van der Waals surface area contributed by atoms with Crippen molar-refractivity contribution in [3.05, 3.63) is 34.2 Å². The first-order chi connectivity index (χ1) is 5.72. The Labute approximate surface area is 70.0 Å². The highest BCUT2D eigenvalue weighted by atomic mass is 16.3. The maximum Gasteiger partial charge on any atom is 0.247 e. The van der Waals surface area contributed by atoms with Crippen molar-refractivity contribution in [3.63, 3.8) is 0 Å².